The second kappa shape index (κ2) is 7.92. The van der Waals surface area contributed by atoms with E-state index in [-0.39, 0.29) is 17.6 Å². The Hall–Kier alpha value is -2.78. The second-order valence-electron chi connectivity index (χ2n) is 6.73. The van der Waals surface area contributed by atoms with Crippen LogP contribution in [0.1, 0.15) is 34.9 Å². The molecule has 3 aromatic heterocycles. The largest absolute Gasteiger partial charge is 0.313 e. The molecule has 0 amide bonds. The summed E-state index contributed by atoms with van der Waals surface area (Å²) >= 11 is 7.28. The highest BCUT2D eigenvalue weighted by Gasteiger charge is 2.17. The zero-order chi connectivity index (χ0) is 20.5. The van der Waals surface area contributed by atoms with E-state index in [0.717, 1.165) is 16.4 Å². The minimum absolute atomic E-state index is 0.0138. The first kappa shape index (κ1) is 19.5. The molecule has 0 radical (unpaired) electrons. The maximum absolute atomic E-state index is 14.1. The lowest BCUT2D eigenvalue weighted by molar-refractivity contribution is 0.540. The van der Waals surface area contributed by atoms with Gasteiger partial charge in [0, 0.05) is 23.5 Å². The van der Waals surface area contributed by atoms with E-state index in [1.165, 1.54) is 17.4 Å². The number of nitrogens with zero attached hydrogens (tertiary/aromatic N) is 6. The van der Waals surface area contributed by atoms with Crippen molar-refractivity contribution in [1.82, 2.24) is 29.8 Å². The van der Waals surface area contributed by atoms with Crippen LogP contribution in [0.25, 0.3) is 0 Å². The maximum atomic E-state index is 14.1. The van der Waals surface area contributed by atoms with Crippen LogP contribution in [-0.2, 0) is 6.54 Å². The molecule has 0 saturated carbocycles. The van der Waals surface area contributed by atoms with Crippen LogP contribution in [0.5, 0.6) is 0 Å². The number of halogens is 2. The summed E-state index contributed by atoms with van der Waals surface area (Å²) in [5.74, 6) is 0.181. The molecule has 0 fully saturated rings. The summed E-state index contributed by atoms with van der Waals surface area (Å²) in [6.07, 6.45) is 1.77. The summed E-state index contributed by atoms with van der Waals surface area (Å²) in [6, 6.07) is 8.75. The Morgan fingerprint density at radius 1 is 1.21 bits per heavy atom. The van der Waals surface area contributed by atoms with E-state index in [9.17, 15) is 4.39 Å². The van der Waals surface area contributed by atoms with Gasteiger partial charge in [0.1, 0.15) is 16.9 Å². The van der Waals surface area contributed by atoms with Crippen LogP contribution in [0.4, 0.5) is 15.3 Å². The van der Waals surface area contributed by atoms with E-state index in [0.29, 0.717) is 16.5 Å². The highest BCUT2D eigenvalue weighted by molar-refractivity contribution is 7.15. The molecule has 1 N–H and O–H groups in total. The van der Waals surface area contributed by atoms with Crippen molar-refractivity contribution in [3.05, 3.63) is 69.3 Å². The van der Waals surface area contributed by atoms with Crippen LogP contribution in [0.2, 0.25) is 5.02 Å². The number of benzene rings is 1. The van der Waals surface area contributed by atoms with Crippen LogP contribution in [0.15, 0.2) is 36.5 Å². The summed E-state index contributed by atoms with van der Waals surface area (Å²) < 4.78 is 17.7. The molecule has 0 aliphatic heterocycles. The molecule has 0 aliphatic carbocycles. The molecule has 1 atom stereocenters. The minimum atomic E-state index is -0.425. The summed E-state index contributed by atoms with van der Waals surface area (Å²) in [5.41, 5.74) is 2.52. The smallest absolute Gasteiger partial charge is 0.211 e. The van der Waals surface area contributed by atoms with Crippen molar-refractivity contribution in [2.45, 2.75) is 33.4 Å². The number of aryl methyl sites for hydroxylation is 2. The molecule has 4 aromatic rings. The van der Waals surface area contributed by atoms with Crippen molar-refractivity contribution in [2.75, 3.05) is 5.32 Å². The normalized spacial score (nSPS) is 12.3. The molecule has 0 saturated heterocycles. The lowest BCUT2D eigenvalue weighted by atomic mass is 10.2. The summed E-state index contributed by atoms with van der Waals surface area (Å²) in [6.45, 7) is 6.31. The van der Waals surface area contributed by atoms with Crippen molar-refractivity contribution < 1.29 is 4.39 Å². The van der Waals surface area contributed by atoms with Crippen molar-refractivity contribution in [2.24, 2.45) is 0 Å². The van der Waals surface area contributed by atoms with E-state index in [1.807, 2.05) is 31.5 Å². The van der Waals surface area contributed by atoms with Gasteiger partial charge in [-0.2, -0.15) is 10.2 Å². The number of hydrogen-bond acceptors (Lipinski definition) is 6. The van der Waals surface area contributed by atoms with Crippen LogP contribution in [-0.4, -0.2) is 29.8 Å². The molecular weight excluding hydrogens is 413 g/mol. The van der Waals surface area contributed by atoms with E-state index in [2.05, 4.69) is 25.7 Å². The van der Waals surface area contributed by atoms with Gasteiger partial charge in [0.2, 0.25) is 5.13 Å². The maximum Gasteiger partial charge on any atom is 0.211 e. The van der Waals surface area contributed by atoms with Crippen LogP contribution in [0, 0.1) is 19.7 Å². The fourth-order valence-electron chi connectivity index (χ4n) is 3.07. The fourth-order valence-corrected chi connectivity index (χ4v) is 4.05. The Bertz CT molecular complexity index is 1150. The molecule has 29 heavy (non-hydrogen) atoms. The SMILES string of the molecule is Cc1cc(C)n(C(C)c2nnc(Nc3ccn(Cc4cccc(Cl)c4F)n3)s2)n1. The topological polar surface area (TPSA) is 73.5 Å². The lowest BCUT2D eigenvalue weighted by Gasteiger charge is -2.10. The Balaban J connectivity index is 1.46. The average Bonchev–Trinajstić information content (AvgIpc) is 3.40. The van der Waals surface area contributed by atoms with Gasteiger partial charge in [0.05, 0.1) is 17.3 Å². The standard InChI is InChI=1S/C19H19ClFN7S/c1-11-9-12(2)28(25-11)13(3)18-23-24-19(29-18)22-16-7-8-27(26-16)10-14-5-4-6-15(20)17(14)21/h4-9,13H,10H2,1-3H3,(H,22,24,26). The van der Waals surface area contributed by atoms with E-state index >= 15 is 0 Å². The average molecular weight is 432 g/mol. The third-order valence-electron chi connectivity index (χ3n) is 4.45. The van der Waals surface area contributed by atoms with Gasteiger partial charge < -0.3 is 5.32 Å². The van der Waals surface area contributed by atoms with Gasteiger partial charge >= 0.3 is 0 Å². The third-order valence-corrected chi connectivity index (χ3v) is 5.75. The van der Waals surface area contributed by atoms with E-state index < -0.39 is 5.82 Å². The van der Waals surface area contributed by atoms with Crippen molar-refractivity contribution in [3.8, 4) is 0 Å². The predicted octanol–water partition coefficient (Wildman–Crippen LogP) is 4.74. The lowest BCUT2D eigenvalue weighted by Crippen LogP contribution is -2.10. The van der Waals surface area contributed by atoms with Crippen LogP contribution in [0.3, 0.4) is 0 Å². The van der Waals surface area contributed by atoms with E-state index in [4.69, 9.17) is 11.6 Å². The van der Waals surface area contributed by atoms with Crippen molar-refractivity contribution in [3.63, 3.8) is 0 Å². The predicted molar refractivity (Wildman–Crippen MR) is 111 cm³/mol. The highest BCUT2D eigenvalue weighted by Crippen LogP contribution is 2.27. The molecule has 3 heterocycles. The van der Waals surface area contributed by atoms with Crippen LogP contribution < -0.4 is 5.32 Å². The summed E-state index contributed by atoms with van der Waals surface area (Å²) in [7, 11) is 0. The minimum Gasteiger partial charge on any atom is -0.313 e. The molecule has 1 unspecified atom stereocenters. The zero-order valence-electron chi connectivity index (χ0n) is 16.1. The van der Waals surface area contributed by atoms with Gasteiger partial charge in [-0.1, -0.05) is 35.1 Å². The Morgan fingerprint density at radius 2 is 2.03 bits per heavy atom. The summed E-state index contributed by atoms with van der Waals surface area (Å²) in [4.78, 5) is 0. The quantitative estimate of drug-likeness (QED) is 0.477. The zero-order valence-corrected chi connectivity index (χ0v) is 17.7. The Labute approximate surface area is 176 Å². The molecule has 7 nitrogen and oxygen atoms in total. The molecule has 4 rings (SSSR count). The van der Waals surface area contributed by atoms with Gasteiger partial charge in [-0.05, 0) is 32.9 Å². The van der Waals surface area contributed by atoms with Crippen molar-refractivity contribution >= 4 is 33.9 Å². The van der Waals surface area contributed by atoms with Gasteiger partial charge in [-0.15, -0.1) is 10.2 Å². The molecule has 150 valence electrons. The number of hydrogen-bond donors (Lipinski definition) is 1. The van der Waals surface area contributed by atoms with Gasteiger partial charge in [0.15, 0.2) is 5.82 Å². The van der Waals surface area contributed by atoms with Gasteiger partial charge in [-0.3, -0.25) is 9.36 Å². The fraction of sp³-hybridized carbons (Fsp3) is 0.263. The molecule has 1 aromatic carbocycles. The molecular formula is C19H19ClFN7S. The first-order valence-electron chi connectivity index (χ1n) is 9.00. The van der Waals surface area contributed by atoms with Gasteiger partial charge in [-0.25, -0.2) is 4.39 Å². The third kappa shape index (κ3) is 4.15. The summed E-state index contributed by atoms with van der Waals surface area (Å²) in [5, 5.41) is 22.1. The van der Waals surface area contributed by atoms with E-state index in [1.54, 1.807) is 29.1 Å². The number of aromatic nitrogens is 6. The number of nitrogens with one attached hydrogen (secondary N) is 1. The molecule has 0 bridgehead atoms. The Morgan fingerprint density at radius 3 is 2.79 bits per heavy atom. The number of anilines is 2. The Kier molecular flexibility index (Phi) is 5.33. The monoisotopic (exact) mass is 431 g/mol. The van der Waals surface area contributed by atoms with Crippen molar-refractivity contribution in [1.29, 1.82) is 0 Å². The first-order chi connectivity index (χ1) is 13.9. The highest BCUT2D eigenvalue weighted by atomic mass is 35.5. The molecule has 0 spiro atoms. The van der Waals surface area contributed by atoms with Gasteiger partial charge in [0.25, 0.3) is 0 Å². The first-order valence-corrected chi connectivity index (χ1v) is 10.2. The van der Waals surface area contributed by atoms with Crippen LogP contribution >= 0.6 is 22.9 Å². The molecule has 0 aliphatic rings. The molecule has 10 heteroatoms. The number of rotatable bonds is 6. The second-order valence-corrected chi connectivity index (χ2v) is 8.15.